The molecule has 16 heavy (non-hydrogen) atoms. The Hall–Kier alpha value is -2.12. The van der Waals surface area contributed by atoms with Gasteiger partial charge in [-0.1, -0.05) is 0 Å². The molecule has 0 heterocycles. The third kappa shape index (κ3) is 6.35. The van der Waals surface area contributed by atoms with Crippen molar-refractivity contribution in [3.63, 3.8) is 0 Å². The molecule has 0 bridgehead atoms. The van der Waals surface area contributed by atoms with Crippen molar-refractivity contribution in [2.75, 3.05) is 0 Å². The number of nitrogens with one attached hydrogen (secondary N) is 1. The van der Waals surface area contributed by atoms with E-state index in [4.69, 9.17) is 15.3 Å². The Morgan fingerprint density at radius 2 is 1.50 bits per heavy atom. The van der Waals surface area contributed by atoms with Gasteiger partial charge in [0.2, 0.25) is 5.91 Å². The second kappa shape index (κ2) is 6.38. The summed E-state index contributed by atoms with van der Waals surface area (Å²) in [6.07, 6.45) is -1.59. The number of carboxylic acids is 3. The van der Waals surface area contributed by atoms with Crippen molar-refractivity contribution in [3.05, 3.63) is 0 Å². The minimum Gasteiger partial charge on any atom is -0.481 e. The number of hydrogen-bond acceptors (Lipinski definition) is 4. The second-order valence-electron chi connectivity index (χ2n) is 2.95. The van der Waals surface area contributed by atoms with Gasteiger partial charge in [0, 0.05) is 6.42 Å². The number of carbonyl (C=O) groups is 4. The minimum atomic E-state index is -1.54. The zero-order valence-electron chi connectivity index (χ0n) is 8.17. The highest BCUT2D eigenvalue weighted by Crippen LogP contribution is 1.96. The van der Waals surface area contributed by atoms with Crippen LogP contribution < -0.4 is 5.32 Å². The van der Waals surface area contributed by atoms with Crippen LogP contribution in [0.4, 0.5) is 0 Å². The van der Waals surface area contributed by atoms with Crippen molar-refractivity contribution in [2.24, 2.45) is 0 Å². The first kappa shape index (κ1) is 13.9. The van der Waals surface area contributed by atoms with E-state index in [0.717, 1.165) is 0 Å². The second-order valence-corrected chi connectivity index (χ2v) is 2.95. The van der Waals surface area contributed by atoms with Crippen LogP contribution in [-0.4, -0.2) is 45.2 Å². The van der Waals surface area contributed by atoms with Crippen molar-refractivity contribution in [2.45, 2.75) is 25.3 Å². The molecular formula is C8H11NO7. The predicted molar refractivity (Wildman–Crippen MR) is 48.7 cm³/mol. The molecule has 8 heteroatoms. The molecule has 0 spiro atoms. The number of rotatable bonds is 7. The third-order valence-electron chi connectivity index (χ3n) is 1.58. The van der Waals surface area contributed by atoms with Gasteiger partial charge in [-0.2, -0.15) is 0 Å². The van der Waals surface area contributed by atoms with E-state index in [9.17, 15) is 19.2 Å². The molecule has 0 aliphatic rings. The van der Waals surface area contributed by atoms with Crippen LogP contribution in [0, 0.1) is 0 Å². The molecule has 0 aliphatic carbocycles. The topological polar surface area (TPSA) is 141 Å². The molecule has 0 aromatic rings. The van der Waals surface area contributed by atoms with Gasteiger partial charge in [0.25, 0.3) is 0 Å². The third-order valence-corrected chi connectivity index (χ3v) is 1.58. The van der Waals surface area contributed by atoms with Crippen molar-refractivity contribution >= 4 is 23.8 Å². The summed E-state index contributed by atoms with van der Waals surface area (Å²) < 4.78 is 0. The zero-order chi connectivity index (χ0) is 12.7. The Kier molecular flexibility index (Phi) is 5.53. The summed E-state index contributed by atoms with van der Waals surface area (Å²) in [5, 5.41) is 27.1. The van der Waals surface area contributed by atoms with Gasteiger partial charge in [-0.25, -0.2) is 4.79 Å². The van der Waals surface area contributed by atoms with E-state index in [1.165, 1.54) is 0 Å². The maximum atomic E-state index is 11.0. The molecule has 1 atom stereocenters. The molecule has 8 nitrogen and oxygen atoms in total. The van der Waals surface area contributed by atoms with Gasteiger partial charge in [0.15, 0.2) is 0 Å². The SMILES string of the molecule is O=C(O)CCC(=O)N[C@H](CC(=O)O)C(=O)O. The van der Waals surface area contributed by atoms with Gasteiger partial charge in [-0.15, -0.1) is 0 Å². The van der Waals surface area contributed by atoms with Crippen LogP contribution in [0.1, 0.15) is 19.3 Å². The Labute approximate surface area is 89.9 Å². The van der Waals surface area contributed by atoms with Crippen LogP contribution in [0.2, 0.25) is 0 Å². The largest absolute Gasteiger partial charge is 0.481 e. The van der Waals surface area contributed by atoms with Gasteiger partial charge in [-0.05, 0) is 0 Å². The first-order chi connectivity index (χ1) is 7.32. The molecule has 0 saturated carbocycles. The Balaban J connectivity index is 4.18. The fourth-order valence-electron chi connectivity index (χ4n) is 0.862. The van der Waals surface area contributed by atoms with Gasteiger partial charge >= 0.3 is 17.9 Å². The highest BCUT2D eigenvalue weighted by Gasteiger charge is 2.22. The van der Waals surface area contributed by atoms with Crippen LogP contribution in [0.3, 0.4) is 0 Å². The standard InChI is InChI=1S/C8H11NO7/c10-5(1-2-6(11)12)9-4(8(15)16)3-7(13)14/h4H,1-3H2,(H,9,10)(H,11,12)(H,13,14)(H,15,16)/t4-/m1/s1. The average molecular weight is 233 g/mol. The molecule has 0 unspecified atom stereocenters. The lowest BCUT2D eigenvalue weighted by atomic mass is 10.2. The summed E-state index contributed by atoms with van der Waals surface area (Å²) in [6.45, 7) is 0. The lowest BCUT2D eigenvalue weighted by Crippen LogP contribution is -2.42. The predicted octanol–water partition coefficient (Wildman–Crippen LogP) is -1.10. The summed E-state index contributed by atoms with van der Waals surface area (Å²) in [5.74, 6) is -4.85. The number of carboxylic acid groups (broad SMARTS) is 3. The fraction of sp³-hybridized carbons (Fsp3) is 0.500. The van der Waals surface area contributed by atoms with Crippen LogP contribution in [-0.2, 0) is 19.2 Å². The number of aliphatic carboxylic acids is 3. The van der Waals surface area contributed by atoms with Crippen molar-refractivity contribution in [1.29, 1.82) is 0 Å². The highest BCUT2D eigenvalue weighted by molar-refractivity contribution is 5.87. The minimum absolute atomic E-state index is 0.390. The molecule has 0 aliphatic heterocycles. The Morgan fingerprint density at radius 1 is 0.938 bits per heavy atom. The summed E-state index contributed by atoms with van der Waals surface area (Å²) >= 11 is 0. The smallest absolute Gasteiger partial charge is 0.326 e. The highest BCUT2D eigenvalue weighted by atomic mass is 16.4. The molecule has 0 saturated heterocycles. The summed E-state index contributed by atoms with van der Waals surface area (Å²) in [6, 6.07) is -1.54. The van der Waals surface area contributed by atoms with Crippen LogP contribution in [0.25, 0.3) is 0 Å². The van der Waals surface area contributed by atoms with E-state index in [2.05, 4.69) is 0 Å². The van der Waals surface area contributed by atoms with E-state index >= 15 is 0 Å². The normalized spacial score (nSPS) is 11.5. The Morgan fingerprint density at radius 3 is 1.88 bits per heavy atom. The van der Waals surface area contributed by atoms with Gasteiger partial charge in [0.05, 0.1) is 12.8 Å². The molecule has 4 N–H and O–H groups in total. The molecule has 0 aromatic heterocycles. The van der Waals surface area contributed by atoms with Gasteiger partial charge in [0.1, 0.15) is 6.04 Å². The van der Waals surface area contributed by atoms with Crippen LogP contribution in [0.15, 0.2) is 0 Å². The maximum absolute atomic E-state index is 11.0. The lowest BCUT2D eigenvalue weighted by Gasteiger charge is -2.11. The van der Waals surface area contributed by atoms with Gasteiger partial charge in [-0.3, -0.25) is 14.4 Å². The van der Waals surface area contributed by atoms with E-state index in [1.807, 2.05) is 5.32 Å². The lowest BCUT2D eigenvalue weighted by molar-refractivity contribution is -0.147. The first-order valence-corrected chi connectivity index (χ1v) is 4.28. The van der Waals surface area contributed by atoms with Crippen LogP contribution in [0.5, 0.6) is 0 Å². The number of carbonyl (C=O) groups excluding carboxylic acids is 1. The number of hydrogen-bond donors (Lipinski definition) is 4. The molecule has 0 rings (SSSR count). The zero-order valence-corrected chi connectivity index (χ0v) is 8.17. The van der Waals surface area contributed by atoms with Gasteiger partial charge < -0.3 is 20.6 Å². The summed E-state index contributed by atoms with van der Waals surface area (Å²) in [4.78, 5) is 41.9. The molecule has 0 radical (unpaired) electrons. The molecule has 90 valence electrons. The number of amides is 1. The summed E-state index contributed by atoms with van der Waals surface area (Å²) in [5.41, 5.74) is 0. The Bertz CT molecular complexity index is 312. The fourth-order valence-corrected chi connectivity index (χ4v) is 0.862. The molecule has 0 fully saturated rings. The maximum Gasteiger partial charge on any atom is 0.326 e. The average Bonchev–Trinajstić information content (AvgIpc) is 2.12. The van der Waals surface area contributed by atoms with E-state index in [-0.39, 0.29) is 0 Å². The first-order valence-electron chi connectivity index (χ1n) is 4.28. The quantitative estimate of drug-likeness (QED) is 0.437. The van der Waals surface area contributed by atoms with Crippen molar-refractivity contribution in [3.8, 4) is 0 Å². The van der Waals surface area contributed by atoms with E-state index in [0.29, 0.717) is 0 Å². The van der Waals surface area contributed by atoms with Crippen molar-refractivity contribution < 1.29 is 34.5 Å². The van der Waals surface area contributed by atoms with Crippen LogP contribution >= 0.6 is 0 Å². The molecule has 0 aromatic carbocycles. The molecule has 1 amide bonds. The summed E-state index contributed by atoms with van der Waals surface area (Å²) in [7, 11) is 0. The van der Waals surface area contributed by atoms with Crippen molar-refractivity contribution in [1.82, 2.24) is 5.32 Å². The van der Waals surface area contributed by atoms with E-state index in [1.54, 1.807) is 0 Å². The monoisotopic (exact) mass is 233 g/mol. The van der Waals surface area contributed by atoms with E-state index < -0.39 is 49.1 Å². The molecular weight excluding hydrogens is 222 g/mol.